The topological polar surface area (TPSA) is 110 Å². The van der Waals surface area contributed by atoms with Gasteiger partial charge in [-0.1, -0.05) is 34.9 Å². The lowest BCUT2D eigenvalue weighted by Gasteiger charge is -2.43. The number of carbonyl (C=O) groups is 1. The standard InChI is InChI=1S/C14H14ClN7O/c15-12-7-6-10-13(19-12)21(9-4-2-1-3-5-9)11(8-18-20-16)14(23)22(10)17/h1-7,11-12,19H,8,17H2. The second-order valence-corrected chi connectivity index (χ2v) is 5.45. The lowest BCUT2D eigenvalue weighted by Crippen LogP contribution is -2.60. The number of nitrogens with zero attached hydrogens (tertiary/aromatic N) is 5. The second-order valence-electron chi connectivity index (χ2n) is 4.98. The molecule has 0 radical (unpaired) electrons. The average Bonchev–Trinajstić information content (AvgIpc) is 2.57. The first kappa shape index (κ1) is 15.2. The number of halogens is 1. The Morgan fingerprint density at radius 2 is 2.13 bits per heavy atom. The number of azide groups is 1. The van der Waals surface area contributed by atoms with Crippen LogP contribution in [0.1, 0.15) is 0 Å². The molecule has 8 nitrogen and oxygen atoms in total. The van der Waals surface area contributed by atoms with Crippen LogP contribution in [0.25, 0.3) is 10.4 Å². The van der Waals surface area contributed by atoms with Crippen molar-refractivity contribution in [3.8, 4) is 0 Å². The molecule has 0 aliphatic carbocycles. The molecule has 0 fully saturated rings. The van der Waals surface area contributed by atoms with Gasteiger partial charge in [0, 0.05) is 10.6 Å². The van der Waals surface area contributed by atoms with Crippen molar-refractivity contribution in [3.05, 3.63) is 64.4 Å². The zero-order valence-corrected chi connectivity index (χ0v) is 12.8. The number of allylic oxidation sites excluding steroid dienone is 1. The number of hydrogen-bond donors (Lipinski definition) is 2. The van der Waals surface area contributed by atoms with Gasteiger partial charge in [-0.2, -0.15) is 0 Å². The summed E-state index contributed by atoms with van der Waals surface area (Å²) in [5.41, 5.74) is 9.45. The van der Waals surface area contributed by atoms with Crippen LogP contribution in [-0.4, -0.2) is 29.0 Å². The van der Waals surface area contributed by atoms with E-state index in [1.54, 1.807) is 17.1 Å². The summed E-state index contributed by atoms with van der Waals surface area (Å²) in [6.07, 6.45) is 3.39. The first-order valence-corrected chi connectivity index (χ1v) is 7.34. The Hall–Kier alpha value is -2.67. The predicted molar refractivity (Wildman–Crippen MR) is 86.7 cm³/mol. The molecule has 2 aliphatic rings. The smallest absolute Gasteiger partial charge is 0.264 e. The molecule has 118 valence electrons. The summed E-state index contributed by atoms with van der Waals surface area (Å²) < 4.78 is 0. The van der Waals surface area contributed by atoms with Crippen LogP contribution in [0.3, 0.4) is 0 Å². The second kappa shape index (κ2) is 6.21. The van der Waals surface area contributed by atoms with Gasteiger partial charge in [-0.25, -0.2) is 10.9 Å². The van der Waals surface area contributed by atoms with E-state index in [1.165, 1.54) is 0 Å². The highest BCUT2D eigenvalue weighted by Gasteiger charge is 2.40. The van der Waals surface area contributed by atoms with Crippen LogP contribution in [0.4, 0.5) is 5.69 Å². The zero-order chi connectivity index (χ0) is 16.4. The third-order valence-corrected chi connectivity index (χ3v) is 3.88. The molecule has 0 aromatic heterocycles. The number of dihydropyridines is 1. The van der Waals surface area contributed by atoms with Gasteiger partial charge in [-0.3, -0.25) is 4.79 Å². The third kappa shape index (κ3) is 2.70. The molecule has 0 bridgehead atoms. The van der Waals surface area contributed by atoms with Gasteiger partial charge in [0.2, 0.25) is 0 Å². The number of nitrogens with two attached hydrogens (primary N) is 1. The monoisotopic (exact) mass is 331 g/mol. The number of carbonyl (C=O) groups excluding carboxylic acids is 1. The number of anilines is 1. The summed E-state index contributed by atoms with van der Waals surface area (Å²) in [7, 11) is 0. The predicted octanol–water partition coefficient (Wildman–Crippen LogP) is 1.78. The number of amides is 1. The fourth-order valence-corrected chi connectivity index (χ4v) is 2.79. The van der Waals surface area contributed by atoms with Crippen LogP contribution in [0.5, 0.6) is 0 Å². The molecule has 0 saturated heterocycles. The number of alkyl halides is 1. The van der Waals surface area contributed by atoms with Gasteiger partial charge in [0.25, 0.3) is 5.91 Å². The largest absolute Gasteiger partial charge is 0.350 e. The van der Waals surface area contributed by atoms with E-state index < -0.39 is 11.5 Å². The molecule has 1 aromatic carbocycles. The Balaban J connectivity index is 2.14. The summed E-state index contributed by atoms with van der Waals surface area (Å²) in [5.74, 6) is 6.15. The Kier molecular flexibility index (Phi) is 4.12. The molecule has 2 aliphatic heterocycles. The van der Waals surface area contributed by atoms with Crippen molar-refractivity contribution >= 4 is 23.2 Å². The number of hydrogen-bond acceptors (Lipinski definition) is 5. The van der Waals surface area contributed by atoms with Gasteiger partial charge < -0.3 is 10.2 Å². The van der Waals surface area contributed by atoms with E-state index in [-0.39, 0.29) is 12.5 Å². The van der Waals surface area contributed by atoms with Gasteiger partial charge in [-0.15, -0.1) is 0 Å². The minimum atomic E-state index is -0.750. The third-order valence-electron chi connectivity index (χ3n) is 3.63. The molecule has 2 unspecified atom stereocenters. The average molecular weight is 332 g/mol. The van der Waals surface area contributed by atoms with Gasteiger partial charge in [-0.05, 0) is 29.8 Å². The lowest BCUT2D eigenvalue weighted by atomic mass is 10.1. The molecule has 9 heteroatoms. The number of para-hydroxylation sites is 1. The van der Waals surface area contributed by atoms with E-state index in [0.29, 0.717) is 11.5 Å². The Morgan fingerprint density at radius 3 is 2.83 bits per heavy atom. The van der Waals surface area contributed by atoms with E-state index in [2.05, 4.69) is 15.3 Å². The van der Waals surface area contributed by atoms with Crippen LogP contribution in [-0.2, 0) is 4.79 Å². The van der Waals surface area contributed by atoms with Gasteiger partial charge in [0.15, 0.2) is 0 Å². The molecular formula is C14H14ClN7O. The quantitative estimate of drug-likeness (QED) is 0.167. The van der Waals surface area contributed by atoms with Gasteiger partial charge in [0.1, 0.15) is 23.1 Å². The summed E-state index contributed by atoms with van der Waals surface area (Å²) in [4.78, 5) is 17.1. The minimum Gasteiger partial charge on any atom is -0.350 e. The summed E-state index contributed by atoms with van der Waals surface area (Å²) in [5, 5.41) is 7.70. The van der Waals surface area contributed by atoms with Crippen LogP contribution < -0.4 is 16.1 Å². The van der Waals surface area contributed by atoms with Crippen molar-refractivity contribution in [1.29, 1.82) is 0 Å². The maximum atomic E-state index is 12.6. The molecule has 3 N–H and O–H groups in total. The van der Waals surface area contributed by atoms with E-state index >= 15 is 0 Å². The van der Waals surface area contributed by atoms with E-state index in [9.17, 15) is 4.79 Å². The summed E-state index contributed by atoms with van der Waals surface area (Å²) in [6, 6.07) is 8.56. The van der Waals surface area contributed by atoms with Crippen molar-refractivity contribution in [2.45, 2.75) is 11.5 Å². The summed E-state index contributed by atoms with van der Waals surface area (Å²) >= 11 is 6.14. The highest BCUT2D eigenvalue weighted by Crippen LogP contribution is 2.31. The normalized spacial score (nSPS) is 23.3. The van der Waals surface area contributed by atoms with Crippen molar-refractivity contribution < 1.29 is 4.79 Å². The molecule has 1 aromatic rings. The highest BCUT2D eigenvalue weighted by molar-refractivity contribution is 6.21. The van der Waals surface area contributed by atoms with Crippen LogP contribution >= 0.6 is 11.6 Å². The molecule has 2 atom stereocenters. The zero-order valence-electron chi connectivity index (χ0n) is 12.0. The van der Waals surface area contributed by atoms with Crippen LogP contribution in [0, 0.1) is 0 Å². The Bertz CT molecular complexity index is 726. The van der Waals surface area contributed by atoms with Crippen molar-refractivity contribution in [3.63, 3.8) is 0 Å². The first-order valence-electron chi connectivity index (χ1n) is 6.90. The van der Waals surface area contributed by atoms with Crippen molar-refractivity contribution in [2.75, 3.05) is 11.4 Å². The molecule has 3 rings (SSSR count). The van der Waals surface area contributed by atoms with E-state index in [0.717, 1.165) is 10.7 Å². The van der Waals surface area contributed by atoms with Crippen molar-refractivity contribution in [2.24, 2.45) is 11.0 Å². The van der Waals surface area contributed by atoms with Crippen LogP contribution in [0.15, 0.2) is 59.1 Å². The van der Waals surface area contributed by atoms with Crippen molar-refractivity contribution in [1.82, 2.24) is 10.3 Å². The molecule has 0 saturated carbocycles. The molecule has 1 amide bonds. The number of benzene rings is 1. The number of rotatable bonds is 3. The van der Waals surface area contributed by atoms with E-state index in [1.807, 2.05) is 30.3 Å². The summed E-state index contributed by atoms with van der Waals surface area (Å²) in [6.45, 7) is -0.0486. The fourth-order valence-electron chi connectivity index (χ4n) is 2.61. The molecule has 2 heterocycles. The Morgan fingerprint density at radius 1 is 1.39 bits per heavy atom. The molecular weight excluding hydrogens is 318 g/mol. The van der Waals surface area contributed by atoms with E-state index in [4.69, 9.17) is 23.0 Å². The number of nitrogens with one attached hydrogen (secondary N) is 1. The SMILES string of the molecule is [N-]=[N+]=NCC1C(=O)N(N)C2=C(NC(Cl)C=C2)N1c1ccccc1. The number of hydrazine groups is 1. The van der Waals surface area contributed by atoms with Gasteiger partial charge in [0.05, 0.1) is 6.54 Å². The highest BCUT2D eigenvalue weighted by atomic mass is 35.5. The van der Waals surface area contributed by atoms with Gasteiger partial charge >= 0.3 is 0 Å². The lowest BCUT2D eigenvalue weighted by molar-refractivity contribution is -0.131. The van der Waals surface area contributed by atoms with Crippen LogP contribution in [0.2, 0.25) is 0 Å². The maximum absolute atomic E-state index is 12.6. The minimum absolute atomic E-state index is 0.0486. The fraction of sp³-hybridized carbons (Fsp3) is 0.214. The first-order chi connectivity index (χ1) is 11.1. The molecule has 23 heavy (non-hydrogen) atoms. The maximum Gasteiger partial charge on any atom is 0.264 e. The Labute approximate surface area is 137 Å². The molecule has 0 spiro atoms.